The van der Waals surface area contributed by atoms with Gasteiger partial charge in [-0.05, 0) is 31.6 Å². The van der Waals surface area contributed by atoms with Crippen molar-refractivity contribution in [3.8, 4) is 0 Å². The van der Waals surface area contributed by atoms with Gasteiger partial charge in [0.15, 0.2) is 12.2 Å². The molecule has 3 unspecified atom stereocenters. The number of ether oxygens (including phenoxy) is 4. The Hall–Kier alpha value is -1.94. The lowest BCUT2D eigenvalue weighted by Crippen LogP contribution is -2.30. The molecule has 19 heteroatoms. The van der Waals surface area contributed by atoms with Gasteiger partial charge >= 0.3 is 39.5 Å². The van der Waals surface area contributed by atoms with Gasteiger partial charge in [0.1, 0.15) is 19.3 Å². The van der Waals surface area contributed by atoms with Crippen molar-refractivity contribution in [2.24, 2.45) is 5.92 Å². The maximum Gasteiger partial charge on any atom is 0.472 e. The van der Waals surface area contributed by atoms with Crippen molar-refractivity contribution in [2.45, 2.75) is 432 Å². The van der Waals surface area contributed by atoms with Crippen molar-refractivity contribution < 1.29 is 80.2 Å². The molecule has 0 spiro atoms. The molecule has 17 nitrogen and oxygen atoms in total. The highest BCUT2D eigenvalue weighted by atomic mass is 31.2. The normalized spacial score (nSPS) is 14.2. The number of unbranched alkanes of at least 4 members (excludes halogenated alkanes) is 49. The average molecular weight is 1420 g/mol. The molecular weight excluding hydrogens is 1270 g/mol. The van der Waals surface area contributed by atoms with E-state index in [4.69, 9.17) is 37.0 Å². The highest BCUT2D eigenvalue weighted by molar-refractivity contribution is 7.47. The molecule has 0 aliphatic rings. The van der Waals surface area contributed by atoms with Crippen molar-refractivity contribution in [3.05, 3.63) is 0 Å². The summed E-state index contributed by atoms with van der Waals surface area (Å²) in [5.41, 5.74) is 0. The van der Waals surface area contributed by atoms with E-state index < -0.39 is 97.5 Å². The summed E-state index contributed by atoms with van der Waals surface area (Å²) < 4.78 is 68.6. The Morgan fingerprint density at radius 3 is 0.732 bits per heavy atom. The second-order valence-electron chi connectivity index (χ2n) is 28.3. The molecule has 0 aromatic rings. The van der Waals surface area contributed by atoms with Gasteiger partial charge in [-0.25, -0.2) is 9.13 Å². The largest absolute Gasteiger partial charge is 0.472 e. The maximum absolute atomic E-state index is 13.1. The molecule has 6 atom stereocenters. The Labute approximate surface area is 594 Å². The predicted molar refractivity (Wildman–Crippen MR) is 395 cm³/mol. The number of hydrogen-bond donors (Lipinski definition) is 3. The molecule has 97 heavy (non-hydrogen) atoms. The number of carbonyl (C=O) groups is 4. The zero-order chi connectivity index (χ0) is 71.2. The Kier molecular flexibility index (Phi) is 69.6. The fraction of sp³-hybridized carbons (Fsp3) is 0.949. The van der Waals surface area contributed by atoms with Gasteiger partial charge in [0.2, 0.25) is 0 Å². The number of carbonyl (C=O) groups excluding carboxylic acids is 4. The van der Waals surface area contributed by atoms with Crippen LogP contribution in [0.25, 0.3) is 0 Å². The van der Waals surface area contributed by atoms with Crippen LogP contribution in [0.4, 0.5) is 0 Å². The molecule has 0 aromatic heterocycles. The van der Waals surface area contributed by atoms with Gasteiger partial charge in [-0.15, -0.1) is 0 Å². The summed E-state index contributed by atoms with van der Waals surface area (Å²) in [7, 11) is -9.91. The molecule has 0 amide bonds. The van der Waals surface area contributed by atoms with Crippen molar-refractivity contribution >= 4 is 39.5 Å². The number of rotatable bonds is 78. The summed E-state index contributed by atoms with van der Waals surface area (Å²) in [5.74, 6) is -1.38. The highest BCUT2D eigenvalue weighted by Gasteiger charge is 2.30. The molecule has 0 saturated carbocycles. The van der Waals surface area contributed by atoms with E-state index in [1.807, 2.05) is 0 Å². The third kappa shape index (κ3) is 70.9. The summed E-state index contributed by atoms with van der Waals surface area (Å²) in [4.78, 5) is 72.9. The minimum atomic E-state index is -4.96. The molecule has 576 valence electrons. The lowest BCUT2D eigenvalue weighted by Gasteiger charge is -2.21. The van der Waals surface area contributed by atoms with E-state index in [2.05, 4.69) is 34.6 Å². The smallest absolute Gasteiger partial charge is 0.462 e. The molecule has 0 heterocycles. The molecule has 0 aromatic carbocycles. The zero-order valence-corrected chi connectivity index (χ0v) is 65.0. The van der Waals surface area contributed by atoms with Crippen LogP contribution in [0.1, 0.15) is 413 Å². The van der Waals surface area contributed by atoms with Crippen LogP contribution in [-0.2, 0) is 65.4 Å². The number of esters is 4. The van der Waals surface area contributed by atoms with Crippen LogP contribution in [0.3, 0.4) is 0 Å². The number of aliphatic hydroxyl groups excluding tert-OH is 1. The predicted octanol–water partition coefficient (Wildman–Crippen LogP) is 23.3. The van der Waals surface area contributed by atoms with E-state index in [9.17, 15) is 43.2 Å². The fourth-order valence-electron chi connectivity index (χ4n) is 12.0. The first kappa shape index (κ1) is 95.1. The van der Waals surface area contributed by atoms with Crippen LogP contribution in [0.15, 0.2) is 0 Å². The van der Waals surface area contributed by atoms with E-state index in [-0.39, 0.29) is 25.7 Å². The molecule has 0 aliphatic heterocycles. The molecule has 0 radical (unpaired) electrons. The number of aliphatic hydroxyl groups is 1. The Bertz CT molecular complexity index is 1860. The molecule has 0 rings (SSSR count). The van der Waals surface area contributed by atoms with Crippen molar-refractivity contribution in [1.29, 1.82) is 0 Å². The minimum absolute atomic E-state index is 0.107. The first-order valence-electron chi connectivity index (χ1n) is 40.7. The van der Waals surface area contributed by atoms with E-state index in [1.54, 1.807) is 0 Å². The molecular formula is C78H152O17P2. The lowest BCUT2D eigenvalue weighted by molar-refractivity contribution is -0.161. The first-order chi connectivity index (χ1) is 47.1. The van der Waals surface area contributed by atoms with Crippen molar-refractivity contribution in [1.82, 2.24) is 0 Å². The van der Waals surface area contributed by atoms with Gasteiger partial charge in [0.25, 0.3) is 0 Å². The zero-order valence-electron chi connectivity index (χ0n) is 63.2. The average Bonchev–Trinajstić information content (AvgIpc) is 2.53. The third-order valence-electron chi connectivity index (χ3n) is 18.6. The number of phosphoric ester groups is 2. The monoisotopic (exact) mass is 1420 g/mol. The van der Waals surface area contributed by atoms with Gasteiger partial charge in [0.05, 0.1) is 26.4 Å². The van der Waals surface area contributed by atoms with E-state index >= 15 is 0 Å². The summed E-state index contributed by atoms with van der Waals surface area (Å²) in [5, 5.41) is 10.6. The molecule has 3 N–H and O–H groups in total. The summed E-state index contributed by atoms with van der Waals surface area (Å²) in [6.45, 7) is 7.27. The van der Waals surface area contributed by atoms with Crippen LogP contribution in [0.2, 0.25) is 0 Å². The van der Waals surface area contributed by atoms with Crippen LogP contribution in [0, 0.1) is 5.92 Å². The van der Waals surface area contributed by atoms with Crippen LogP contribution in [0.5, 0.6) is 0 Å². The minimum Gasteiger partial charge on any atom is -0.462 e. The van der Waals surface area contributed by atoms with Gasteiger partial charge in [-0.3, -0.25) is 37.3 Å². The topological polar surface area (TPSA) is 237 Å². The van der Waals surface area contributed by atoms with E-state index in [0.717, 1.165) is 102 Å². The van der Waals surface area contributed by atoms with Crippen LogP contribution >= 0.6 is 15.6 Å². The standard InChI is InChI=1S/C78H152O17P2/c1-6-10-13-16-19-22-25-28-29-30-31-32-33-34-35-38-41-44-47-54-59-64-77(82)94-73(67-88-75(80)61-56-51-45-42-39-36-26-23-20-17-14-11-7-2)69-92-96(84,85)90-65-72(79)66-91-97(86,87)93-70-74(68-89-76(81)62-57-52-49-48-50-55-60-71(5)9-4)95-78(83)63-58-53-46-43-40-37-27-24-21-18-15-12-8-3/h71-74,79H,6-70H2,1-5H3,(H,84,85)(H,86,87)/t71?,72-,73-,74-/m1/s1. The third-order valence-corrected chi connectivity index (χ3v) is 20.5. The molecule has 0 bridgehead atoms. The summed E-state index contributed by atoms with van der Waals surface area (Å²) in [6.07, 6.45) is 61.1. The van der Waals surface area contributed by atoms with E-state index in [1.165, 1.54) is 231 Å². The van der Waals surface area contributed by atoms with Gasteiger partial charge in [0, 0.05) is 25.7 Å². The summed E-state index contributed by atoms with van der Waals surface area (Å²) in [6, 6.07) is 0. The molecule has 0 saturated heterocycles. The van der Waals surface area contributed by atoms with Gasteiger partial charge < -0.3 is 33.8 Å². The fourth-order valence-corrected chi connectivity index (χ4v) is 13.6. The number of hydrogen-bond acceptors (Lipinski definition) is 15. The lowest BCUT2D eigenvalue weighted by atomic mass is 10.00. The molecule has 0 fully saturated rings. The Morgan fingerprint density at radius 2 is 0.495 bits per heavy atom. The number of phosphoric acid groups is 2. The first-order valence-corrected chi connectivity index (χ1v) is 43.7. The second kappa shape index (κ2) is 71.1. The SMILES string of the molecule is CCCCCCCCCCCCCCCCCCCCCCCC(=O)O[C@H](COC(=O)CCCCCCCCCCCCCCC)COP(=O)(O)OC[C@@H](O)COP(=O)(O)OC[C@@H](COC(=O)CCCCCCCCC(C)CC)OC(=O)CCCCCCCCCCCCCCC. The van der Waals surface area contributed by atoms with Crippen molar-refractivity contribution in [3.63, 3.8) is 0 Å². The van der Waals surface area contributed by atoms with Gasteiger partial charge in [-0.2, -0.15) is 0 Å². The quantitative estimate of drug-likeness (QED) is 0.0222. The Morgan fingerprint density at radius 1 is 0.289 bits per heavy atom. The molecule has 0 aliphatic carbocycles. The summed E-state index contributed by atoms with van der Waals surface area (Å²) >= 11 is 0. The van der Waals surface area contributed by atoms with Gasteiger partial charge in [-0.1, -0.05) is 362 Å². The van der Waals surface area contributed by atoms with Crippen LogP contribution in [-0.4, -0.2) is 96.7 Å². The maximum atomic E-state index is 13.1. The Balaban J connectivity index is 5.20. The highest BCUT2D eigenvalue weighted by Crippen LogP contribution is 2.45. The second-order valence-corrected chi connectivity index (χ2v) is 31.3. The van der Waals surface area contributed by atoms with Crippen LogP contribution < -0.4 is 0 Å². The van der Waals surface area contributed by atoms with E-state index in [0.29, 0.717) is 25.7 Å². The van der Waals surface area contributed by atoms with Crippen molar-refractivity contribution in [2.75, 3.05) is 39.6 Å².